The second-order valence-corrected chi connectivity index (χ2v) is 5.10. The molecule has 3 aromatic rings. The smallest absolute Gasteiger partial charge is 0.198 e. The molecule has 2 heterocycles. The van der Waals surface area contributed by atoms with E-state index < -0.39 is 0 Å². The Hall–Kier alpha value is -1.46. The lowest BCUT2D eigenvalue weighted by atomic mass is 10.1. The van der Waals surface area contributed by atoms with Crippen LogP contribution >= 0.6 is 27.5 Å². The first-order valence-corrected chi connectivity index (χ1v) is 6.50. The second-order valence-electron chi connectivity index (χ2n) is 3.83. The number of nitrogens with zero attached hydrogens (tertiary/aromatic N) is 4. The van der Waals surface area contributed by atoms with Crippen molar-refractivity contribution in [2.24, 2.45) is 0 Å². The Kier molecular flexibility index (Phi) is 3.01. The van der Waals surface area contributed by atoms with Crippen molar-refractivity contribution in [1.82, 2.24) is 19.6 Å². The van der Waals surface area contributed by atoms with E-state index in [1.807, 2.05) is 34.9 Å². The predicted molar refractivity (Wildman–Crippen MR) is 72.7 cm³/mol. The highest BCUT2D eigenvalue weighted by atomic mass is 79.9. The van der Waals surface area contributed by atoms with Crippen molar-refractivity contribution >= 4 is 33.2 Å². The number of benzene rings is 1. The van der Waals surface area contributed by atoms with Gasteiger partial charge in [0, 0.05) is 23.3 Å². The summed E-state index contributed by atoms with van der Waals surface area (Å²) in [5.74, 6) is 0.844. The van der Waals surface area contributed by atoms with Gasteiger partial charge in [-0.3, -0.25) is 4.40 Å². The Morgan fingerprint density at radius 3 is 2.72 bits per heavy atom. The molecule has 0 fully saturated rings. The van der Waals surface area contributed by atoms with Crippen LogP contribution in [0.5, 0.6) is 0 Å². The van der Waals surface area contributed by atoms with Crippen molar-refractivity contribution in [3.63, 3.8) is 0 Å². The lowest BCUT2D eigenvalue weighted by Gasteiger charge is -2.01. The van der Waals surface area contributed by atoms with Gasteiger partial charge in [0.2, 0.25) is 0 Å². The van der Waals surface area contributed by atoms with Crippen molar-refractivity contribution in [2.75, 3.05) is 0 Å². The number of hydrogen-bond donors (Lipinski definition) is 0. The van der Waals surface area contributed by atoms with Crippen LogP contribution in [0.25, 0.3) is 5.65 Å². The Morgan fingerprint density at radius 1 is 1.17 bits per heavy atom. The zero-order chi connectivity index (χ0) is 12.5. The highest BCUT2D eigenvalue weighted by Gasteiger charge is 2.09. The molecule has 0 saturated heterocycles. The Morgan fingerprint density at radius 2 is 1.94 bits per heavy atom. The molecule has 0 aliphatic carbocycles. The number of halogens is 2. The quantitative estimate of drug-likeness (QED) is 0.727. The van der Waals surface area contributed by atoms with E-state index in [0.29, 0.717) is 17.2 Å². The first-order valence-electron chi connectivity index (χ1n) is 5.32. The predicted octanol–water partition coefficient (Wildman–Crippen LogP) is 3.13. The molecule has 0 bridgehead atoms. The van der Waals surface area contributed by atoms with Crippen LogP contribution in [0.2, 0.25) is 5.15 Å². The Balaban J connectivity index is 2.00. The molecule has 4 nitrogen and oxygen atoms in total. The van der Waals surface area contributed by atoms with Crippen molar-refractivity contribution in [2.45, 2.75) is 6.42 Å². The van der Waals surface area contributed by atoms with Crippen molar-refractivity contribution in [1.29, 1.82) is 0 Å². The van der Waals surface area contributed by atoms with E-state index in [9.17, 15) is 0 Å². The summed E-state index contributed by atoms with van der Waals surface area (Å²) in [5, 5.41) is 8.56. The molecule has 6 heteroatoms. The summed E-state index contributed by atoms with van der Waals surface area (Å²) >= 11 is 9.37. The Labute approximate surface area is 117 Å². The molecule has 2 aromatic heterocycles. The number of hydrogen-bond acceptors (Lipinski definition) is 3. The third-order valence-corrected chi connectivity index (χ3v) is 3.43. The van der Waals surface area contributed by atoms with Crippen LogP contribution in [0, 0.1) is 0 Å². The van der Waals surface area contributed by atoms with Gasteiger partial charge in [0.1, 0.15) is 5.82 Å². The largest absolute Gasteiger partial charge is 0.282 e. The maximum atomic E-state index is 5.95. The molecule has 0 amide bonds. The van der Waals surface area contributed by atoms with Gasteiger partial charge in [-0.1, -0.05) is 39.7 Å². The van der Waals surface area contributed by atoms with Gasteiger partial charge >= 0.3 is 0 Å². The fourth-order valence-corrected chi connectivity index (χ4v) is 2.20. The maximum Gasteiger partial charge on any atom is 0.198 e. The van der Waals surface area contributed by atoms with Gasteiger partial charge in [-0.25, -0.2) is 4.98 Å². The first-order chi connectivity index (χ1) is 8.74. The second kappa shape index (κ2) is 4.66. The third-order valence-electron chi connectivity index (χ3n) is 2.63. The molecular formula is C12H8BrClN4. The van der Waals surface area contributed by atoms with Crippen LogP contribution in [0.3, 0.4) is 0 Å². The van der Waals surface area contributed by atoms with Gasteiger partial charge in [-0.15, -0.1) is 10.2 Å². The summed E-state index contributed by atoms with van der Waals surface area (Å²) in [5.41, 5.74) is 1.76. The van der Waals surface area contributed by atoms with Crippen LogP contribution in [-0.4, -0.2) is 19.6 Å². The van der Waals surface area contributed by atoms with Crippen molar-refractivity contribution in [3.05, 3.63) is 57.7 Å². The number of aromatic nitrogens is 4. The van der Waals surface area contributed by atoms with Gasteiger partial charge in [0.15, 0.2) is 10.8 Å². The van der Waals surface area contributed by atoms with E-state index in [1.165, 1.54) is 5.56 Å². The minimum Gasteiger partial charge on any atom is -0.282 e. The van der Waals surface area contributed by atoms with Gasteiger partial charge < -0.3 is 0 Å². The third kappa shape index (κ3) is 2.11. The fourth-order valence-electron chi connectivity index (χ4n) is 1.75. The topological polar surface area (TPSA) is 43.1 Å². The van der Waals surface area contributed by atoms with Crippen LogP contribution in [0.15, 0.2) is 41.1 Å². The molecule has 0 radical (unpaired) electrons. The SMILES string of the molecule is Clc1nccn2c(Cc3ccc(Br)cc3)nnc12. The molecule has 0 spiro atoms. The molecule has 0 aliphatic rings. The van der Waals surface area contributed by atoms with Gasteiger partial charge in [0.05, 0.1) is 0 Å². The van der Waals surface area contributed by atoms with E-state index in [1.54, 1.807) is 6.20 Å². The summed E-state index contributed by atoms with van der Waals surface area (Å²) in [6, 6.07) is 8.11. The highest BCUT2D eigenvalue weighted by molar-refractivity contribution is 9.10. The first kappa shape index (κ1) is 11.6. The zero-order valence-electron chi connectivity index (χ0n) is 9.22. The maximum absolute atomic E-state index is 5.95. The number of rotatable bonds is 2. The zero-order valence-corrected chi connectivity index (χ0v) is 11.6. The van der Waals surface area contributed by atoms with Gasteiger partial charge in [-0.2, -0.15) is 0 Å². The number of fused-ring (bicyclic) bond motifs is 1. The summed E-state index contributed by atoms with van der Waals surface area (Å²) in [7, 11) is 0. The van der Waals surface area contributed by atoms with Crippen LogP contribution in [0.1, 0.15) is 11.4 Å². The summed E-state index contributed by atoms with van der Waals surface area (Å²) in [4.78, 5) is 3.98. The molecule has 0 saturated carbocycles. The fraction of sp³-hybridized carbons (Fsp3) is 0.0833. The lowest BCUT2D eigenvalue weighted by Crippen LogP contribution is -1.96. The van der Waals surface area contributed by atoms with Crippen molar-refractivity contribution < 1.29 is 0 Å². The molecular weight excluding hydrogens is 316 g/mol. The molecule has 1 aromatic carbocycles. The van der Waals surface area contributed by atoms with Crippen LogP contribution in [0.4, 0.5) is 0 Å². The normalized spacial score (nSPS) is 11.0. The summed E-state index contributed by atoms with van der Waals surface area (Å²) in [6.07, 6.45) is 4.16. The molecule has 3 rings (SSSR count). The van der Waals surface area contributed by atoms with E-state index in [-0.39, 0.29) is 0 Å². The Bertz CT molecular complexity index is 693. The molecule has 90 valence electrons. The lowest BCUT2D eigenvalue weighted by molar-refractivity contribution is 0.931. The van der Waals surface area contributed by atoms with Crippen LogP contribution < -0.4 is 0 Å². The summed E-state index contributed by atoms with van der Waals surface area (Å²) in [6.45, 7) is 0. The minimum absolute atomic E-state index is 0.368. The standard InChI is InChI=1S/C12H8BrClN4/c13-9-3-1-8(2-4-9)7-10-16-17-12-11(14)15-5-6-18(10)12/h1-6H,7H2. The molecule has 0 N–H and O–H groups in total. The van der Waals surface area contributed by atoms with Crippen LogP contribution in [-0.2, 0) is 6.42 Å². The van der Waals surface area contributed by atoms with E-state index >= 15 is 0 Å². The average Bonchev–Trinajstić information content (AvgIpc) is 2.77. The van der Waals surface area contributed by atoms with Gasteiger partial charge in [0.25, 0.3) is 0 Å². The van der Waals surface area contributed by atoms with Crippen molar-refractivity contribution in [3.8, 4) is 0 Å². The minimum atomic E-state index is 0.368. The van der Waals surface area contributed by atoms with E-state index in [0.717, 1.165) is 10.3 Å². The molecule has 0 aliphatic heterocycles. The summed E-state index contributed by atoms with van der Waals surface area (Å²) < 4.78 is 2.92. The molecule has 0 atom stereocenters. The van der Waals surface area contributed by atoms with Gasteiger partial charge in [-0.05, 0) is 17.7 Å². The van der Waals surface area contributed by atoms with E-state index in [2.05, 4.69) is 31.1 Å². The highest BCUT2D eigenvalue weighted by Crippen LogP contribution is 2.16. The average molecular weight is 324 g/mol. The molecule has 18 heavy (non-hydrogen) atoms. The van der Waals surface area contributed by atoms with E-state index in [4.69, 9.17) is 11.6 Å². The molecule has 0 unspecified atom stereocenters. The monoisotopic (exact) mass is 322 g/mol.